The Morgan fingerprint density at radius 3 is 2.67 bits per heavy atom. The van der Waals surface area contributed by atoms with Gasteiger partial charge in [-0.2, -0.15) is 5.26 Å². The summed E-state index contributed by atoms with van der Waals surface area (Å²) in [6.07, 6.45) is 0. The molecule has 0 aliphatic heterocycles. The van der Waals surface area contributed by atoms with Crippen LogP contribution in [0.25, 0.3) is 0 Å². The molecule has 0 saturated heterocycles. The molecule has 0 N–H and O–H groups in total. The number of nitriles is 1. The zero-order valence-corrected chi connectivity index (χ0v) is 11.3. The molecule has 0 amide bonds. The normalized spacial score (nSPS) is 9.71. The van der Waals surface area contributed by atoms with Gasteiger partial charge in [-0.3, -0.25) is 10.1 Å². The molecule has 0 unspecified atom stereocenters. The molecular formula is C15H12N2O4. The smallest absolute Gasteiger partial charge is 0.276 e. The molecule has 6 heteroatoms. The SMILES string of the molecule is COc1cccc(C#N)c1OCc1ccccc1[N+](=O)[O-]. The van der Waals surface area contributed by atoms with Crippen molar-refractivity contribution in [1.82, 2.24) is 0 Å². The minimum atomic E-state index is -0.466. The summed E-state index contributed by atoms with van der Waals surface area (Å²) in [7, 11) is 1.47. The fourth-order valence-electron chi connectivity index (χ4n) is 1.87. The maximum absolute atomic E-state index is 11.0. The summed E-state index contributed by atoms with van der Waals surface area (Å²) in [4.78, 5) is 10.5. The highest BCUT2D eigenvalue weighted by Crippen LogP contribution is 2.32. The van der Waals surface area contributed by atoms with Crippen LogP contribution in [0.3, 0.4) is 0 Å². The summed E-state index contributed by atoms with van der Waals surface area (Å²) >= 11 is 0. The van der Waals surface area contributed by atoms with E-state index in [1.54, 1.807) is 36.4 Å². The van der Waals surface area contributed by atoms with Crippen LogP contribution in [0, 0.1) is 21.4 Å². The standard InChI is InChI=1S/C15H12N2O4/c1-20-14-8-4-6-11(9-16)15(14)21-10-12-5-2-3-7-13(12)17(18)19/h2-8H,10H2,1H3. The van der Waals surface area contributed by atoms with Crippen LogP contribution in [0.15, 0.2) is 42.5 Å². The van der Waals surface area contributed by atoms with Crippen molar-refractivity contribution in [2.24, 2.45) is 0 Å². The van der Waals surface area contributed by atoms with E-state index in [0.717, 1.165) is 0 Å². The molecular weight excluding hydrogens is 272 g/mol. The molecule has 6 nitrogen and oxygen atoms in total. The molecule has 0 heterocycles. The van der Waals surface area contributed by atoms with E-state index < -0.39 is 4.92 Å². The zero-order valence-electron chi connectivity index (χ0n) is 11.3. The van der Waals surface area contributed by atoms with Crippen molar-refractivity contribution in [1.29, 1.82) is 5.26 Å². The average Bonchev–Trinajstić information content (AvgIpc) is 2.52. The van der Waals surface area contributed by atoms with Gasteiger partial charge in [0.05, 0.1) is 23.2 Å². The molecule has 2 rings (SSSR count). The van der Waals surface area contributed by atoms with Crippen LogP contribution in [0.1, 0.15) is 11.1 Å². The van der Waals surface area contributed by atoms with E-state index in [-0.39, 0.29) is 18.0 Å². The molecule has 0 aliphatic rings. The number of nitro benzene ring substituents is 1. The van der Waals surface area contributed by atoms with Gasteiger partial charge in [0.15, 0.2) is 11.5 Å². The molecule has 0 fully saturated rings. The fourth-order valence-corrected chi connectivity index (χ4v) is 1.87. The largest absolute Gasteiger partial charge is 0.493 e. The van der Waals surface area contributed by atoms with E-state index in [4.69, 9.17) is 14.7 Å². The van der Waals surface area contributed by atoms with Crippen molar-refractivity contribution >= 4 is 5.69 Å². The van der Waals surface area contributed by atoms with Gasteiger partial charge in [-0.15, -0.1) is 0 Å². The molecule has 21 heavy (non-hydrogen) atoms. The Labute approximate surface area is 121 Å². The monoisotopic (exact) mass is 284 g/mol. The number of para-hydroxylation sites is 2. The number of methoxy groups -OCH3 is 1. The van der Waals surface area contributed by atoms with E-state index >= 15 is 0 Å². The van der Waals surface area contributed by atoms with Crippen LogP contribution < -0.4 is 9.47 Å². The first-order valence-electron chi connectivity index (χ1n) is 6.09. The molecule has 0 aromatic heterocycles. The molecule has 2 aromatic rings. The van der Waals surface area contributed by atoms with Crippen molar-refractivity contribution in [3.05, 3.63) is 63.7 Å². The van der Waals surface area contributed by atoms with E-state index in [2.05, 4.69) is 0 Å². The first-order chi connectivity index (χ1) is 10.2. The highest BCUT2D eigenvalue weighted by Gasteiger charge is 2.15. The van der Waals surface area contributed by atoms with Crippen LogP contribution in [0.4, 0.5) is 5.69 Å². The predicted octanol–water partition coefficient (Wildman–Crippen LogP) is 3.05. The Morgan fingerprint density at radius 1 is 1.24 bits per heavy atom. The summed E-state index contributed by atoms with van der Waals surface area (Å²) in [6, 6.07) is 13.2. The van der Waals surface area contributed by atoms with Gasteiger partial charge in [0.25, 0.3) is 5.69 Å². The lowest BCUT2D eigenvalue weighted by atomic mass is 10.2. The second kappa shape index (κ2) is 6.39. The third kappa shape index (κ3) is 3.09. The Balaban J connectivity index is 2.29. The van der Waals surface area contributed by atoms with Gasteiger partial charge in [-0.1, -0.05) is 18.2 Å². The lowest BCUT2D eigenvalue weighted by molar-refractivity contribution is -0.385. The Bertz CT molecular complexity index is 707. The predicted molar refractivity (Wildman–Crippen MR) is 75.1 cm³/mol. The zero-order chi connectivity index (χ0) is 15.2. The lowest BCUT2D eigenvalue weighted by Crippen LogP contribution is -2.02. The summed E-state index contributed by atoms with van der Waals surface area (Å²) in [5, 5.41) is 20.0. The maximum Gasteiger partial charge on any atom is 0.276 e. The van der Waals surface area contributed by atoms with Gasteiger partial charge in [-0.05, 0) is 18.2 Å². The average molecular weight is 284 g/mol. The number of hydrogen-bond acceptors (Lipinski definition) is 5. The van der Waals surface area contributed by atoms with E-state index in [1.807, 2.05) is 6.07 Å². The maximum atomic E-state index is 11.0. The van der Waals surface area contributed by atoms with E-state index in [0.29, 0.717) is 16.9 Å². The van der Waals surface area contributed by atoms with Crippen molar-refractivity contribution in [3.8, 4) is 17.6 Å². The van der Waals surface area contributed by atoms with Gasteiger partial charge < -0.3 is 9.47 Å². The third-order valence-corrected chi connectivity index (χ3v) is 2.88. The second-order valence-electron chi connectivity index (χ2n) is 4.12. The Morgan fingerprint density at radius 2 is 2.00 bits per heavy atom. The van der Waals surface area contributed by atoms with Crippen LogP contribution in [0.2, 0.25) is 0 Å². The summed E-state index contributed by atoms with van der Waals surface area (Å²) in [5.74, 6) is 0.688. The van der Waals surface area contributed by atoms with Crippen molar-refractivity contribution in [2.75, 3.05) is 7.11 Å². The minimum Gasteiger partial charge on any atom is -0.493 e. The Kier molecular flexibility index (Phi) is 4.36. The molecule has 0 aliphatic carbocycles. The molecule has 0 spiro atoms. The van der Waals surface area contributed by atoms with Crippen LogP contribution in [-0.4, -0.2) is 12.0 Å². The van der Waals surface area contributed by atoms with Crippen molar-refractivity contribution < 1.29 is 14.4 Å². The topological polar surface area (TPSA) is 85.4 Å². The molecule has 0 atom stereocenters. The lowest BCUT2D eigenvalue weighted by Gasteiger charge is -2.12. The molecule has 2 aromatic carbocycles. The highest BCUT2D eigenvalue weighted by molar-refractivity contribution is 5.52. The summed E-state index contributed by atoms with van der Waals surface area (Å²) < 4.78 is 10.7. The Hall–Kier alpha value is -3.07. The van der Waals surface area contributed by atoms with Gasteiger partial charge >= 0.3 is 0 Å². The van der Waals surface area contributed by atoms with E-state index in [9.17, 15) is 10.1 Å². The van der Waals surface area contributed by atoms with Gasteiger partial charge in [0.2, 0.25) is 0 Å². The van der Waals surface area contributed by atoms with Crippen molar-refractivity contribution in [2.45, 2.75) is 6.61 Å². The second-order valence-corrected chi connectivity index (χ2v) is 4.12. The summed E-state index contributed by atoms with van der Waals surface area (Å²) in [6.45, 7) is -0.0216. The molecule has 0 radical (unpaired) electrons. The molecule has 106 valence electrons. The first-order valence-corrected chi connectivity index (χ1v) is 6.09. The van der Waals surface area contributed by atoms with E-state index in [1.165, 1.54) is 13.2 Å². The fraction of sp³-hybridized carbons (Fsp3) is 0.133. The van der Waals surface area contributed by atoms with Crippen LogP contribution in [0.5, 0.6) is 11.5 Å². The van der Waals surface area contributed by atoms with Gasteiger partial charge in [0.1, 0.15) is 12.7 Å². The first kappa shape index (κ1) is 14.3. The highest BCUT2D eigenvalue weighted by atomic mass is 16.6. The van der Waals surface area contributed by atoms with Gasteiger partial charge in [-0.25, -0.2) is 0 Å². The number of hydrogen-bond donors (Lipinski definition) is 0. The van der Waals surface area contributed by atoms with Crippen LogP contribution in [-0.2, 0) is 6.61 Å². The number of rotatable bonds is 5. The summed E-state index contributed by atoms with van der Waals surface area (Å²) in [5.41, 5.74) is 0.719. The molecule has 0 saturated carbocycles. The van der Waals surface area contributed by atoms with Crippen LogP contribution >= 0.6 is 0 Å². The quantitative estimate of drug-likeness (QED) is 0.622. The number of benzene rings is 2. The number of nitrogens with zero attached hydrogens (tertiary/aromatic N) is 2. The molecule has 0 bridgehead atoms. The third-order valence-electron chi connectivity index (χ3n) is 2.88. The van der Waals surface area contributed by atoms with Gasteiger partial charge in [0, 0.05) is 6.07 Å². The number of ether oxygens (including phenoxy) is 2. The minimum absolute atomic E-state index is 0.0216. The number of nitro groups is 1. The van der Waals surface area contributed by atoms with Crippen molar-refractivity contribution in [3.63, 3.8) is 0 Å².